The second kappa shape index (κ2) is 8.09. The van der Waals surface area contributed by atoms with E-state index in [1.165, 1.54) is 5.69 Å². The molecule has 2 aromatic rings. The van der Waals surface area contributed by atoms with E-state index in [0.29, 0.717) is 29.6 Å². The van der Waals surface area contributed by atoms with Gasteiger partial charge in [-0.05, 0) is 36.2 Å². The molecule has 1 fully saturated rings. The van der Waals surface area contributed by atoms with E-state index in [4.69, 9.17) is 23.2 Å². The maximum atomic E-state index is 11.8. The maximum absolute atomic E-state index is 11.8. The first-order valence-electron chi connectivity index (χ1n) is 8.25. The topological polar surface area (TPSA) is 43.8 Å². The van der Waals surface area contributed by atoms with E-state index in [2.05, 4.69) is 17.0 Å². The summed E-state index contributed by atoms with van der Waals surface area (Å²) in [5.41, 5.74) is 2.06. The lowest BCUT2D eigenvalue weighted by atomic mass is 10.0. The van der Waals surface area contributed by atoms with E-state index in [9.17, 15) is 9.90 Å². The minimum Gasteiger partial charge on any atom is -0.480 e. The van der Waals surface area contributed by atoms with Gasteiger partial charge in [-0.3, -0.25) is 9.69 Å². The first-order valence-corrected chi connectivity index (χ1v) is 9.01. The Labute approximate surface area is 157 Å². The molecule has 1 atom stereocenters. The van der Waals surface area contributed by atoms with Crippen LogP contribution in [0.1, 0.15) is 5.56 Å². The number of aliphatic carboxylic acids is 1. The molecule has 3 rings (SSSR count). The number of benzene rings is 2. The molecule has 1 aliphatic rings. The summed E-state index contributed by atoms with van der Waals surface area (Å²) in [7, 11) is 0. The number of carboxylic acids is 1. The highest BCUT2D eigenvalue weighted by molar-refractivity contribution is 6.42. The molecule has 0 bridgehead atoms. The number of piperazine rings is 1. The van der Waals surface area contributed by atoms with E-state index in [-0.39, 0.29) is 0 Å². The van der Waals surface area contributed by atoms with Gasteiger partial charge in [0.25, 0.3) is 0 Å². The number of nitrogens with zero attached hydrogens (tertiary/aromatic N) is 2. The SMILES string of the molecule is O=C(O)C(Cc1ccc(Cl)c(Cl)c1)N1CCN(c2ccccc2)CC1. The van der Waals surface area contributed by atoms with Crippen molar-refractivity contribution < 1.29 is 9.90 Å². The van der Waals surface area contributed by atoms with Crippen LogP contribution in [0.15, 0.2) is 48.5 Å². The Morgan fingerprint density at radius 3 is 2.28 bits per heavy atom. The van der Waals surface area contributed by atoms with Crippen molar-refractivity contribution in [3.05, 3.63) is 64.1 Å². The Bertz CT molecular complexity index is 731. The molecule has 132 valence electrons. The van der Waals surface area contributed by atoms with Gasteiger partial charge in [0.1, 0.15) is 6.04 Å². The third-order valence-corrected chi connectivity index (χ3v) is 5.31. The van der Waals surface area contributed by atoms with Gasteiger partial charge in [0.05, 0.1) is 10.0 Å². The van der Waals surface area contributed by atoms with Crippen molar-refractivity contribution in [1.82, 2.24) is 4.90 Å². The third kappa shape index (κ3) is 4.46. The average Bonchev–Trinajstić information content (AvgIpc) is 2.63. The Morgan fingerprint density at radius 2 is 1.68 bits per heavy atom. The van der Waals surface area contributed by atoms with Crippen molar-refractivity contribution in [2.24, 2.45) is 0 Å². The molecule has 0 radical (unpaired) electrons. The summed E-state index contributed by atoms with van der Waals surface area (Å²) in [6.07, 6.45) is 0.414. The minimum absolute atomic E-state index is 0.414. The van der Waals surface area contributed by atoms with Crippen molar-refractivity contribution in [2.75, 3.05) is 31.1 Å². The lowest BCUT2D eigenvalue weighted by Gasteiger charge is -2.38. The molecular formula is C19H20Cl2N2O2. The summed E-state index contributed by atoms with van der Waals surface area (Å²) < 4.78 is 0. The molecule has 1 N–H and O–H groups in total. The van der Waals surface area contributed by atoms with Gasteiger partial charge < -0.3 is 10.0 Å². The fraction of sp³-hybridized carbons (Fsp3) is 0.316. The van der Waals surface area contributed by atoms with E-state index >= 15 is 0 Å². The van der Waals surface area contributed by atoms with Crippen LogP contribution >= 0.6 is 23.2 Å². The lowest BCUT2D eigenvalue weighted by molar-refractivity contribution is -0.143. The van der Waals surface area contributed by atoms with Gasteiger partial charge in [-0.15, -0.1) is 0 Å². The van der Waals surface area contributed by atoms with Crippen LogP contribution in [0.3, 0.4) is 0 Å². The van der Waals surface area contributed by atoms with Gasteiger partial charge >= 0.3 is 5.97 Å². The van der Waals surface area contributed by atoms with Gasteiger partial charge in [0.2, 0.25) is 0 Å². The molecule has 2 aromatic carbocycles. The van der Waals surface area contributed by atoms with Crippen molar-refractivity contribution >= 4 is 34.9 Å². The van der Waals surface area contributed by atoms with E-state index < -0.39 is 12.0 Å². The molecule has 6 heteroatoms. The van der Waals surface area contributed by atoms with Gasteiger partial charge in [0, 0.05) is 31.9 Å². The zero-order chi connectivity index (χ0) is 17.8. The number of halogens is 2. The minimum atomic E-state index is -0.806. The lowest BCUT2D eigenvalue weighted by Crippen LogP contribution is -2.53. The van der Waals surface area contributed by atoms with Crippen LogP contribution in [0.4, 0.5) is 5.69 Å². The van der Waals surface area contributed by atoms with Crippen molar-refractivity contribution in [1.29, 1.82) is 0 Å². The van der Waals surface area contributed by atoms with E-state index in [0.717, 1.165) is 18.7 Å². The monoisotopic (exact) mass is 378 g/mol. The molecule has 1 heterocycles. The van der Waals surface area contributed by atoms with E-state index in [1.807, 2.05) is 29.2 Å². The predicted molar refractivity (Wildman–Crippen MR) is 102 cm³/mol. The smallest absolute Gasteiger partial charge is 0.321 e. The predicted octanol–water partition coefficient (Wildman–Crippen LogP) is 3.81. The summed E-state index contributed by atoms with van der Waals surface area (Å²) >= 11 is 12.0. The van der Waals surface area contributed by atoms with Crippen LogP contribution < -0.4 is 4.90 Å². The second-order valence-electron chi connectivity index (χ2n) is 6.17. The van der Waals surface area contributed by atoms with E-state index in [1.54, 1.807) is 12.1 Å². The Morgan fingerprint density at radius 1 is 1.00 bits per heavy atom. The molecule has 4 nitrogen and oxygen atoms in total. The summed E-state index contributed by atoms with van der Waals surface area (Å²) in [4.78, 5) is 16.1. The molecule has 0 aromatic heterocycles. The van der Waals surface area contributed by atoms with Crippen LogP contribution in [0.5, 0.6) is 0 Å². The number of hydrogen-bond donors (Lipinski definition) is 1. The fourth-order valence-corrected chi connectivity index (χ4v) is 3.51. The number of carboxylic acid groups (broad SMARTS) is 1. The van der Waals surface area contributed by atoms with Crippen LogP contribution in [0.2, 0.25) is 10.0 Å². The molecule has 0 aliphatic carbocycles. The molecule has 0 amide bonds. The first kappa shape index (κ1) is 18.1. The molecular weight excluding hydrogens is 359 g/mol. The van der Waals surface area contributed by atoms with Crippen LogP contribution in [-0.4, -0.2) is 48.2 Å². The van der Waals surface area contributed by atoms with Crippen LogP contribution in [0, 0.1) is 0 Å². The molecule has 0 saturated carbocycles. The molecule has 25 heavy (non-hydrogen) atoms. The molecule has 1 aliphatic heterocycles. The molecule has 1 saturated heterocycles. The third-order valence-electron chi connectivity index (χ3n) is 4.57. The summed E-state index contributed by atoms with van der Waals surface area (Å²) in [6, 6.07) is 14.9. The molecule has 1 unspecified atom stereocenters. The highest BCUT2D eigenvalue weighted by Gasteiger charge is 2.29. The van der Waals surface area contributed by atoms with Crippen molar-refractivity contribution in [3.63, 3.8) is 0 Å². The quantitative estimate of drug-likeness (QED) is 0.858. The van der Waals surface area contributed by atoms with Crippen molar-refractivity contribution in [3.8, 4) is 0 Å². The highest BCUT2D eigenvalue weighted by atomic mass is 35.5. The highest BCUT2D eigenvalue weighted by Crippen LogP contribution is 2.24. The second-order valence-corrected chi connectivity index (χ2v) is 6.98. The van der Waals surface area contributed by atoms with Gasteiger partial charge in [-0.1, -0.05) is 47.5 Å². The fourth-order valence-electron chi connectivity index (χ4n) is 3.19. The Kier molecular flexibility index (Phi) is 5.84. The molecule has 0 spiro atoms. The normalized spacial score (nSPS) is 16.6. The summed E-state index contributed by atoms with van der Waals surface area (Å²) in [5, 5.41) is 10.6. The summed E-state index contributed by atoms with van der Waals surface area (Å²) in [6.45, 7) is 3.06. The number of para-hydroxylation sites is 1. The van der Waals surface area contributed by atoms with Gasteiger partial charge in [-0.2, -0.15) is 0 Å². The number of rotatable bonds is 5. The van der Waals surface area contributed by atoms with Crippen molar-refractivity contribution in [2.45, 2.75) is 12.5 Å². The van der Waals surface area contributed by atoms with Gasteiger partial charge in [-0.25, -0.2) is 0 Å². The Balaban J connectivity index is 1.66. The number of carbonyl (C=O) groups is 1. The standard InChI is InChI=1S/C19H20Cl2N2O2/c20-16-7-6-14(12-17(16)21)13-18(19(24)25)23-10-8-22(9-11-23)15-4-2-1-3-5-15/h1-7,12,18H,8-11,13H2,(H,24,25). The van der Waals surface area contributed by atoms with Crippen LogP contribution in [0.25, 0.3) is 0 Å². The zero-order valence-electron chi connectivity index (χ0n) is 13.7. The maximum Gasteiger partial charge on any atom is 0.321 e. The first-order chi connectivity index (χ1) is 12.0. The number of anilines is 1. The van der Waals surface area contributed by atoms with Crippen LogP contribution in [-0.2, 0) is 11.2 Å². The largest absolute Gasteiger partial charge is 0.480 e. The average molecular weight is 379 g/mol. The van der Waals surface area contributed by atoms with Gasteiger partial charge in [0.15, 0.2) is 0 Å². The Hall–Kier alpha value is -1.75. The summed E-state index contributed by atoms with van der Waals surface area (Å²) in [5.74, 6) is -0.806. The zero-order valence-corrected chi connectivity index (χ0v) is 15.2. The number of hydrogen-bond acceptors (Lipinski definition) is 3.